The van der Waals surface area contributed by atoms with Gasteiger partial charge < -0.3 is 5.32 Å². The van der Waals surface area contributed by atoms with Gasteiger partial charge in [0.25, 0.3) is 0 Å². The number of hydrogen-bond acceptors (Lipinski definition) is 1. The van der Waals surface area contributed by atoms with E-state index in [2.05, 4.69) is 5.32 Å². The molecular weight excluding hydrogens is 162 g/mol. The fraction of sp³-hybridized carbons (Fsp3) is 0.545. The van der Waals surface area contributed by atoms with E-state index in [-0.39, 0.29) is 5.91 Å². The lowest BCUT2D eigenvalue weighted by molar-refractivity contribution is -0.117. The van der Waals surface area contributed by atoms with E-state index in [0.717, 1.165) is 18.5 Å². The lowest BCUT2D eigenvalue weighted by Gasteiger charge is -2.01. The van der Waals surface area contributed by atoms with Crippen LogP contribution in [0.15, 0.2) is 23.3 Å². The summed E-state index contributed by atoms with van der Waals surface area (Å²) in [6.07, 6.45) is 4.77. The highest BCUT2D eigenvalue weighted by atomic mass is 16.1. The molecule has 1 N–H and O–H groups in total. The molecule has 0 saturated heterocycles. The molecule has 0 bridgehead atoms. The van der Waals surface area contributed by atoms with Crippen LogP contribution in [0.4, 0.5) is 0 Å². The first-order valence-electron chi connectivity index (χ1n) is 4.68. The average Bonchev–Trinajstić information content (AvgIpc) is 2.10. The minimum atomic E-state index is 0.0272. The summed E-state index contributed by atoms with van der Waals surface area (Å²) in [6.45, 7) is 8.63. The molecule has 0 aromatic rings. The fourth-order valence-corrected chi connectivity index (χ4v) is 0.745. The Kier molecular flexibility index (Phi) is 5.94. The summed E-state index contributed by atoms with van der Waals surface area (Å²) in [5.41, 5.74) is 1.96. The molecule has 0 aromatic carbocycles. The van der Waals surface area contributed by atoms with Crippen molar-refractivity contribution in [3.63, 3.8) is 0 Å². The normalized spacial score (nSPS) is 10.9. The predicted molar refractivity (Wildman–Crippen MR) is 56.5 cm³/mol. The minimum absolute atomic E-state index is 0.0272. The van der Waals surface area contributed by atoms with Crippen LogP contribution < -0.4 is 5.32 Å². The van der Waals surface area contributed by atoms with Crippen LogP contribution in [0.1, 0.15) is 34.1 Å². The number of hydrogen-bond donors (Lipinski definition) is 1. The van der Waals surface area contributed by atoms with Crippen LogP contribution in [0.2, 0.25) is 0 Å². The van der Waals surface area contributed by atoms with Gasteiger partial charge in [-0.05, 0) is 27.2 Å². The summed E-state index contributed by atoms with van der Waals surface area (Å²) in [6, 6.07) is 0. The van der Waals surface area contributed by atoms with Crippen molar-refractivity contribution in [2.24, 2.45) is 0 Å². The summed E-state index contributed by atoms with van der Waals surface area (Å²) in [7, 11) is 0. The second-order valence-corrected chi connectivity index (χ2v) is 3.35. The van der Waals surface area contributed by atoms with Gasteiger partial charge in [-0.15, -0.1) is 0 Å². The second-order valence-electron chi connectivity index (χ2n) is 3.35. The zero-order valence-electron chi connectivity index (χ0n) is 8.98. The standard InChI is InChI=1S/C11H19NO/c1-5-8-12-11(13)10(4)7-6-9(2)3/h6-7H,5,8H2,1-4H3,(H,12,13). The highest BCUT2D eigenvalue weighted by molar-refractivity contribution is 5.93. The Bertz CT molecular complexity index is 222. The average molecular weight is 181 g/mol. The molecule has 0 radical (unpaired) electrons. The molecule has 13 heavy (non-hydrogen) atoms. The van der Waals surface area contributed by atoms with Crippen LogP contribution in [0, 0.1) is 0 Å². The topological polar surface area (TPSA) is 29.1 Å². The molecule has 0 saturated carbocycles. The number of carbonyl (C=O) groups excluding carboxylic acids is 1. The van der Waals surface area contributed by atoms with Crippen molar-refractivity contribution >= 4 is 5.91 Å². The molecule has 1 amide bonds. The van der Waals surface area contributed by atoms with Gasteiger partial charge in [-0.2, -0.15) is 0 Å². The number of amides is 1. The summed E-state index contributed by atoms with van der Waals surface area (Å²) in [5.74, 6) is 0.0272. The van der Waals surface area contributed by atoms with Crippen LogP contribution in [-0.4, -0.2) is 12.5 Å². The Morgan fingerprint density at radius 3 is 2.31 bits per heavy atom. The zero-order valence-corrected chi connectivity index (χ0v) is 8.98. The molecule has 0 aromatic heterocycles. The fourth-order valence-electron chi connectivity index (χ4n) is 0.745. The van der Waals surface area contributed by atoms with E-state index in [4.69, 9.17) is 0 Å². The largest absolute Gasteiger partial charge is 0.352 e. The van der Waals surface area contributed by atoms with Crippen molar-refractivity contribution < 1.29 is 4.79 Å². The maximum absolute atomic E-state index is 11.3. The van der Waals surface area contributed by atoms with E-state index < -0.39 is 0 Å². The van der Waals surface area contributed by atoms with E-state index in [1.165, 1.54) is 5.57 Å². The third kappa shape index (κ3) is 6.14. The highest BCUT2D eigenvalue weighted by Crippen LogP contribution is 1.96. The second kappa shape index (κ2) is 6.46. The van der Waals surface area contributed by atoms with Gasteiger partial charge in [-0.25, -0.2) is 0 Å². The molecule has 2 heteroatoms. The third-order valence-corrected chi connectivity index (χ3v) is 1.56. The van der Waals surface area contributed by atoms with E-state index >= 15 is 0 Å². The van der Waals surface area contributed by atoms with Gasteiger partial charge in [0, 0.05) is 12.1 Å². The van der Waals surface area contributed by atoms with Crippen molar-refractivity contribution in [3.05, 3.63) is 23.3 Å². The molecule has 0 fully saturated rings. The van der Waals surface area contributed by atoms with Gasteiger partial charge in [-0.1, -0.05) is 24.6 Å². The van der Waals surface area contributed by atoms with Gasteiger partial charge in [0.2, 0.25) is 5.91 Å². The van der Waals surface area contributed by atoms with Crippen LogP contribution in [-0.2, 0) is 4.79 Å². The summed E-state index contributed by atoms with van der Waals surface area (Å²) < 4.78 is 0. The molecule has 0 aliphatic carbocycles. The monoisotopic (exact) mass is 181 g/mol. The Balaban J connectivity index is 4.09. The molecule has 2 nitrogen and oxygen atoms in total. The molecule has 0 aliphatic rings. The van der Waals surface area contributed by atoms with Gasteiger partial charge in [0.05, 0.1) is 0 Å². The third-order valence-electron chi connectivity index (χ3n) is 1.56. The maximum atomic E-state index is 11.3. The molecule has 0 heterocycles. The molecule has 0 atom stereocenters. The van der Waals surface area contributed by atoms with Crippen LogP contribution in [0.25, 0.3) is 0 Å². The summed E-state index contributed by atoms with van der Waals surface area (Å²) in [4.78, 5) is 11.3. The van der Waals surface area contributed by atoms with Crippen molar-refractivity contribution in [1.82, 2.24) is 5.32 Å². The van der Waals surface area contributed by atoms with Crippen LogP contribution in [0.5, 0.6) is 0 Å². The Labute approximate surface area is 80.7 Å². The van der Waals surface area contributed by atoms with Crippen molar-refractivity contribution in [1.29, 1.82) is 0 Å². The quantitative estimate of drug-likeness (QED) is 0.524. The SMILES string of the molecule is CCCNC(=O)C(C)=CC=C(C)C. The van der Waals surface area contributed by atoms with Gasteiger partial charge >= 0.3 is 0 Å². The van der Waals surface area contributed by atoms with E-state index in [1.807, 2.05) is 39.8 Å². The maximum Gasteiger partial charge on any atom is 0.246 e. The molecule has 74 valence electrons. The van der Waals surface area contributed by atoms with Crippen molar-refractivity contribution in [2.75, 3.05) is 6.54 Å². The van der Waals surface area contributed by atoms with Crippen LogP contribution >= 0.6 is 0 Å². The first-order valence-corrected chi connectivity index (χ1v) is 4.68. The number of carbonyl (C=O) groups is 1. The summed E-state index contributed by atoms with van der Waals surface area (Å²) in [5, 5.41) is 2.82. The zero-order chi connectivity index (χ0) is 10.3. The van der Waals surface area contributed by atoms with Crippen molar-refractivity contribution in [3.8, 4) is 0 Å². The number of nitrogens with one attached hydrogen (secondary N) is 1. The minimum Gasteiger partial charge on any atom is -0.352 e. The first kappa shape index (κ1) is 11.9. The lowest BCUT2D eigenvalue weighted by Crippen LogP contribution is -2.24. The Hall–Kier alpha value is -1.05. The van der Waals surface area contributed by atoms with Crippen LogP contribution in [0.3, 0.4) is 0 Å². The summed E-state index contributed by atoms with van der Waals surface area (Å²) >= 11 is 0. The van der Waals surface area contributed by atoms with Gasteiger partial charge in [0.1, 0.15) is 0 Å². The first-order chi connectivity index (χ1) is 6.07. The molecule has 0 rings (SSSR count). The molecule has 0 unspecified atom stereocenters. The number of allylic oxidation sites excluding steroid dienone is 3. The smallest absolute Gasteiger partial charge is 0.246 e. The highest BCUT2D eigenvalue weighted by Gasteiger charge is 1.99. The molecule has 0 spiro atoms. The van der Waals surface area contributed by atoms with Gasteiger partial charge in [-0.3, -0.25) is 4.79 Å². The predicted octanol–water partition coefficient (Wildman–Crippen LogP) is 2.43. The van der Waals surface area contributed by atoms with E-state index in [1.54, 1.807) is 0 Å². The van der Waals surface area contributed by atoms with Crippen molar-refractivity contribution in [2.45, 2.75) is 34.1 Å². The van der Waals surface area contributed by atoms with Gasteiger partial charge in [0.15, 0.2) is 0 Å². The molecular formula is C11H19NO. The lowest BCUT2D eigenvalue weighted by atomic mass is 10.2. The van der Waals surface area contributed by atoms with E-state index in [9.17, 15) is 4.79 Å². The molecule has 0 aliphatic heterocycles. The number of rotatable bonds is 4. The van der Waals surface area contributed by atoms with E-state index in [0.29, 0.717) is 0 Å². The Morgan fingerprint density at radius 1 is 1.23 bits per heavy atom. The Morgan fingerprint density at radius 2 is 1.85 bits per heavy atom.